The molecule has 1 heterocycles. The molecule has 35 heavy (non-hydrogen) atoms. The molecule has 2 aromatic rings. The second-order valence-electron chi connectivity index (χ2n) is 8.75. The number of carbonyl (C=O) groups is 1. The van der Waals surface area contributed by atoms with E-state index in [-0.39, 0.29) is 10.8 Å². The quantitative estimate of drug-likeness (QED) is 0.462. The second kappa shape index (κ2) is 12.8. The molecule has 0 atom stereocenters. The Hall–Kier alpha value is -2.78. The Bertz CT molecular complexity index is 1090. The highest BCUT2D eigenvalue weighted by Crippen LogP contribution is 2.30. The molecule has 0 unspecified atom stereocenters. The van der Waals surface area contributed by atoms with Gasteiger partial charge in [0, 0.05) is 37.0 Å². The highest BCUT2D eigenvalue weighted by molar-refractivity contribution is 7.92. The van der Waals surface area contributed by atoms with Crippen molar-refractivity contribution < 1.29 is 22.7 Å². The van der Waals surface area contributed by atoms with Gasteiger partial charge >= 0.3 is 0 Å². The molecule has 0 radical (unpaired) electrons. The van der Waals surface area contributed by atoms with Crippen molar-refractivity contribution in [3.63, 3.8) is 0 Å². The van der Waals surface area contributed by atoms with Crippen molar-refractivity contribution in [3.8, 4) is 11.5 Å². The zero-order valence-corrected chi connectivity index (χ0v) is 21.8. The van der Waals surface area contributed by atoms with E-state index < -0.39 is 10.0 Å². The molecular formula is C26H37N3O5S. The average molecular weight is 504 g/mol. The number of amides is 1. The van der Waals surface area contributed by atoms with Crippen LogP contribution in [0.1, 0.15) is 49.4 Å². The van der Waals surface area contributed by atoms with Crippen molar-refractivity contribution in [1.82, 2.24) is 9.80 Å². The number of anilines is 1. The summed E-state index contributed by atoms with van der Waals surface area (Å²) in [6.45, 7) is 6.53. The predicted octanol–water partition coefficient (Wildman–Crippen LogP) is 4.23. The lowest BCUT2D eigenvalue weighted by Gasteiger charge is -2.22. The Morgan fingerprint density at radius 1 is 0.943 bits per heavy atom. The van der Waals surface area contributed by atoms with Crippen LogP contribution in [0, 0.1) is 0 Å². The number of rotatable bonds is 11. The smallest absolute Gasteiger partial charge is 0.262 e. The summed E-state index contributed by atoms with van der Waals surface area (Å²) in [5.74, 6) is 0.681. The Balaban J connectivity index is 1.66. The lowest BCUT2D eigenvalue weighted by molar-refractivity contribution is 0.0761. The normalized spacial score (nSPS) is 14.9. The summed E-state index contributed by atoms with van der Waals surface area (Å²) in [7, 11) is -0.944. The van der Waals surface area contributed by atoms with Crippen LogP contribution >= 0.6 is 0 Å². The lowest BCUT2D eigenvalue weighted by Crippen LogP contribution is -2.35. The molecule has 1 aliphatic rings. The molecule has 0 saturated carbocycles. The number of benzene rings is 2. The van der Waals surface area contributed by atoms with Gasteiger partial charge < -0.3 is 19.3 Å². The van der Waals surface area contributed by atoms with Gasteiger partial charge in [-0.1, -0.05) is 32.3 Å². The van der Waals surface area contributed by atoms with Crippen molar-refractivity contribution in [2.24, 2.45) is 0 Å². The van der Waals surface area contributed by atoms with Crippen LogP contribution in [0.4, 0.5) is 5.69 Å². The van der Waals surface area contributed by atoms with Crippen LogP contribution in [0.25, 0.3) is 0 Å². The van der Waals surface area contributed by atoms with Gasteiger partial charge in [0.2, 0.25) is 0 Å². The Labute approximate surface area is 209 Å². The molecule has 8 nitrogen and oxygen atoms in total. The van der Waals surface area contributed by atoms with Crippen molar-refractivity contribution in [2.45, 2.75) is 43.9 Å². The first-order chi connectivity index (χ1) is 16.9. The van der Waals surface area contributed by atoms with Crippen molar-refractivity contribution in [2.75, 3.05) is 51.7 Å². The van der Waals surface area contributed by atoms with E-state index in [2.05, 4.69) is 16.5 Å². The molecule has 1 amide bonds. The maximum Gasteiger partial charge on any atom is 0.262 e. The molecule has 2 aromatic carbocycles. The Morgan fingerprint density at radius 2 is 1.74 bits per heavy atom. The minimum absolute atomic E-state index is 0.0402. The van der Waals surface area contributed by atoms with Crippen LogP contribution in [-0.2, 0) is 10.0 Å². The Kier molecular flexibility index (Phi) is 9.80. The number of ether oxygens (including phenoxy) is 2. The fraction of sp³-hybridized carbons (Fsp3) is 0.500. The maximum absolute atomic E-state index is 13.2. The minimum Gasteiger partial charge on any atom is -0.493 e. The number of carbonyl (C=O) groups excluding carboxylic acids is 1. The van der Waals surface area contributed by atoms with Gasteiger partial charge in [0.1, 0.15) is 0 Å². The first kappa shape index (κ1) is 26.8. The topological polar surface area (TPSA) is 88.2 Å². The molecule has 0 spiro atoms. The summed E-state index contributed by atoms with van der Waals surface area (Å²) in [6, 6.07) is 11.0. The Morgan fingerprint density at radius 3 is 2.49 bits per heavy atom. The van der Waals surface area contributed by atoms with Crippen molar-refractivity contribution >= 4 is 21.6 Å². The third-order valence-corrected chi connectivity index (χ3v) is 7.61. The largest absolute Gasteiger partial charge is 0.493 e. The van der Waals surface area contributed by atoms with Crippen LogP contribution in [0.2, 0.25) is 0 Å². The fourth-order valence-corrected chi connectivity index (χ4v) is 5.32. The first-order valence-corrected chi connectivity index (χ1v) is 13.7. The van der Waals surface area contributed by atoms with E-state index in [4.69, 9.17) is 9.47 Å². The third-order valence-electron chi connectivity index (χ3n) is 6.23. The van der Waals surface area contributed by atoms with E-state index in [1.54, 1.807) is 30.3 Å². The van der Waals surface area contributed by atoms with Crippen molar-refractivity contribution in [3.05, 3.63) is 48.0 Å². The molecule has 192 valence electrons. The molecule has 0 bridgehead atoms. The molecule has 1 fully saturated rings. The van der Waals surface area contributed by atoms with Crippen LogP contribution in [0.3, 0.4) is 0 Å². The zero-order chi connectivity index (χ0) is 25.3. The summed E-state index contributed by atoms with van der Waals surface area (Å²) in [5, 5.41) is 0. The number of nitrogens with one attached hydrogen (secondary N) is 1. The highest BCUT2D eigenvalue weighted by atomic mass is 32.2. The van der Waals surface area contributed by atoms with E-state index in [1.807, 2.05) is 4.90 Å². The summed E-state index contributed by atoms with van der Waals surface area (Å²) in [5.41, 5.74) is 0.798. The summed E-state index contributed by atoms with van der Waals surface area (Å²) in [6.07, 6.45) is 5.88. The number of hydrogen-bond donors (Lipinski definition) is 1. The van der Waals surface area contributed by atoms with Gasteiger partial charge in [-0.3, -0.25) is 9.52 Å². The first-order valence-electron chi connectivity index (χ1n) is 12.2. The SMILES string of the molecule is CCCCCCN1CCCN(C(=O)c2cccc(NS(=O)(=O)c3ccc(OC)c(OC)c3)c2)CC1. The summed E-state index contributed by atoms with van der Waals surface area (Å²) < 4.78 is 38.9. The minimum atomic E-state index is -3.88. The molecule has 0 aliphatic carbocycles. The molecule has 9 heteroatoms. The van der Waals surface area contributed by atoms with Gasteiger partial charge in [-0.2, -0.15) is 0 Å². The molecule has 0 aromatic heterocycles. The summed E-state index contributed by atoms with van der Waals surface area (Å²) >= 11 is 0. The third kappa shape index (κ3) is 7.35. The van der Waals surface area contributed by atoms with Crippen LogP contribution < -0.4 is 14.2 Å². The lowest BCUT2D eigenvalue weighted by atomic mass is 10.1. The molecular weight excluding hydrogens is 466 g/mol. The van der Waals surface area contributed by atoms with Crippen molar-refractivity contribution in [1.29, 1.82) is 0 Å². The monoisotopic (exact) mass is 503 g/mol. The fourth-order valence-electron chi connectivity index (χ4n) is 4.26. The predicted molar refractivity (Wildman–Crippen MR) is 138 cm³/mol. The van der Waals surface area contributed by atoms with Gasteiger partial charge in [-0.15, -0.1) is 0 Å². The average Bonchev–Trinajstić information content (AvgIpc) is 3.11. The van der Waals surface area contributed by atoms with E-state index in [1.165, 1.54) is 52.0 Å². The number of hydrogen-bond acceptors (Lipinski definition) is 6. The molecule has 3 rings (SSSR count). The van der Waals surface area contributed by atoms with Gasteiger partial charge in [-0.25, -0.2) is 8.42 Å². The van der Waals surface area contributed by atoms with E-state index in [0.717, 1.165) is 26.1 Å². The number of sulfonamides is 1. The molecule has 1 aliphatic heterocycles. The van der Waals surface area contributed by atoms with E-state index in [9.17, 15) is 13.2 Å². The van der Waals surface area contributed by atoms with Crippen LogP contribution in [0.15, 0.2) is 47.4 Å². The molecule has 1 saturated heterocycles. The molecule has 1 N–H and O–H groups in total. The second-order valence-corrected chi connectivity index (χ2v) is 10.4. The van der Waals surface area contributed by atoms with E-state index in [0.29, 0.717) is 35.8 Å². The van der Waals surface area contributed by atoms with Gasteiger partial charge in [0.25, 0.3) is 15.9 Å². The maximum atomic E-state index is 13.2. The van der Waals surface area contributed by atoms with Crippen LogP contribution in [0.5, 0.6) is 11.5 Å². The number of nitrogens with zero attached hydrogens (tertiary/aromatic N) is 2. The van der Waals surface area contributed by atoms with Gasteiger partial charge in [-0.05, 0) is 56.3 Å². The zero-order valence-electron chi connectivity index (χ0n) is 21.0. The van der Waals surface area contributed by atoms with E-state index >= 15 is 0 Å². The van der Waals surface area contributed by atoms with Gasteiger partial charge in [0.15, 0.2) is 11.5 Å². The van der Waals surface area contributed by atoms with Crippen LogP contribution in [-0.4, -0.2) is 71.1 Å². The van der Waals surface area contributed by atoms with Gasteiger partial charge in [0.05, 0.1) is 19.1 Å². The number of unbranched alkanes of at least 4 members (excludes halogenated alkanes) is 3. The standard InChI is InChI=1S/C26H37N3O5S/c1-4-5-6-7-14-28-15-9-16-29(18-17-28)26(30)21-10-8-11-22(19-21)27-35(31,32)23-12-13-24(33-2)25(20-23)34-3/h8,10-13,19-20,27H,4-7,9,14-18H2,1-3H3. The number of methoxy groups -OCH3 is 2. The highest BCUT2D eigenvalue weighted by Gasteiger charge is 2.22. The summed E-state index contributed by atoms with van der Waals surface area (Å²) in [4.78, 5) is 17.6.